The molecule has 0 aliphatic carbocycles. The fraction of sp³-hybridized carbons (Fsp3) is 0.533. The first-order valence-corrected chi connectivity index (χ1v) is 6.15. The Labute approximate surface area is 98.9 Å². The largest absolute Gasteiger partial charge is 0.294 e. The summed E-state index contributed by atoms with van der Waals surface area (Å²) >= 11 is 0. The lowest BCUT2D eigenvalue weighted by Crippen LogP contribution is -2.09. The highest BCUT2D eigenvalue weighted by molar-refractivity contribution is 5.98. The molecule has 0 saturated heterocycles. The van der Waals surface area contributed by atoms with Crippen molar-refractivity contribution in [3.05, 3.63) is 34.9 Å². The van der Waals surface area contributed by atoms with Crippen molar-refractivity contribution in [3.63, 3.8) is 0 Å². The number of carbonyl (C=O) groups is 1. The van der Waals surface area contributed by atoms with E-state index in [1.165, 1.54) is 0 Å². The molecule has 1 nitrogen and oxygen atoms in total. The molecule has 0 aliphatic rings. The first-order chi connectivity index (χ1) is 7.56. The molecule has 0 amide bonds. The summed E-state index contributed by atoms with van der Waals surface area (Å²) in [4.78, 5) is 12.2. The van der Waals surface area contributed by atoms with Crippen LogP contribution in [0.4, 0.5) is 0 Å². The van der Waals surface area contributed by atoms with Gasteiger partial charge in [0.1, 0.15) is 0 Å². The number of carbonyl (C=O) groups excluding carboxylic acids is 1. The van der Waals surface area contributed by atoms with Gasteiger partial charge in [-0.3, -0.25) is 4.79 Å². The molecule has 0 spiro atoms. The molecule has 0 bridgehead atoms. The number of rotatable bonds is 5. The van der Waals surface area contributed by atoms with Crippen LogP contribution in [0, 0.1) is 19.8 Å². The zero-order chi connectivity index (χ0) is 12.1. The second-order valence-electron chi connectivity index (χ2n) is 4.79. The molecule has 0 N–H and O–H groups in total. The van der Waals surface area contributed by atoms with E-state index in [4.69, 9.17) is 0 Å². The molecule has 1 heteroatoms. The van der Waals surface area contributed by atoms with E-state index < -0.39 is 0 Å². The van der Waals surface area contributed by atoms with Crippen LogP contribution < -0.4 is 0 Å². The van der Waals surface area contributed by atoms with Crippen molar-refractivity contribution in [1.82, 2.24) is 0 Å². The van der Waals surface area contributed by atoms with Gasteiger partial charge in [-0.25, -0.2) is 0 Å². The maximum Gasteiger partial charge on any atom is 0.163 e. The molecule has 88 valence electrons. The van der Waals surface area contributed by atoms with Crippen molar-refractivity contribution >= 4 is 5.78 Å². The number of aryl methyl sites for hydroxylation is 2. The fourth-order valence-corrected chi connectivity index (χ4v) is 2.27. The third-order valence-corrected chi connectivity index (χ3v) is 3.08. The molecule has 0 aliphatic heterocycles. The van der Waals surface area contributed by atoms with Gasteiger partial charge in [-0.2, -0.15) is 0 Å². The van der Waals surface area contributed by atoms with Crippen molar-refractivity contribution in [2.24, 2.45) is 5.92 Å². The van der Waals surface area contributed by atoms with Crippen LogP contribution in [0.25, 0.3) is 0 Å². The summed E-state index contributed by atoms with van der Waals surface area (Å²) in [5.41, 5.74) is 3.15. The van der Waals surface area contributed by atoms with E-state index in [0.29, 0.717) is 18.1 Å². The van der Waals surface area contributed by atoms with Gasteiger partial charge in [0, 0.05) is 12.0 Å². The molecule has 0 heterocycles. The van der Waals surface area contributed by atoms with Gasteiger partial charge in [-0.15, -0.1) is 0 Å². The highest BCUT2D eigenvalue weighted by atomic mass is 16.1. The first kappa shape index (κ1) is 13.0. The van der Waals surface area contributed by atoms with Gasteiger partial charge in [-0.1, -0.05) is 44.9 Å². The number of hydrogen-bond acceptors (Lipinski definition) is 1. The average molecular weight is 218 g/mol. The van der Waals surface area contributed by atoms with Crippen LogP contribution in [0.2, 0.25) is 0 Å². The minimum Gasteiger partial charge on any atom is -0.294 e. The number of hydrogen-bond donors (Lipinski definition) is 0. The zero-order valence-corrected chi connectivity index (χ0v) is 10.8. The Morgan fingerprint density at radius 3 is 2.31 bits per heavy atom. The first-order valence-electron chi connectivity index (χ1n) is 6.15. The van der Waals surface area contributed by atoms with Crippen LogP contribution >= 0.6 is 0 Å². The standard InChI is InChI=1S/C15H22O/c1-5-7-11(2)10-14(16)15-12(3)8-6-9-13(15)4/h6,8-9,11H,5,7,10H2,1-4H3. The molecule has 1 aromatic rings. The molecular formula is C15H22O. The summed E-state index contributed by atoms with van der Waals surface area (Å²) in [6, 6.07) is 6.05. The van der Waals surface area contributed by atoms with Crippen LogP contribution in [0.5, 0.6) is 0 Å². The third kappa shape index (κ3) is 3.19. The minimum absolute atomic E-state index is 0.302. The summed E-state index contributed by atoms with van der Waals surface area (Å²) in [5.74, 6) is 0.799. The molecule has 1 atom stereocenters. The van der Waals surface area contributed by atoms with E-state index in [9.17, 15) is 4.79 Å². The minimum atomic E-state index is 0.302. The van der Waals surface area contributed by atoms with Gasteiger partial charge in [0.25, 0.3) is 0 Å². The molecule has 0 radical (unpaired) electrons. The molecule has 0 aromatic heterocycles. The van der Waals surface area contributed by atoms with E-state index in [2.05, 4.69) is 13.8 Å². The lowest BCUT2D eigenvalue weighted by molar-refractivity contribution is 0.0961. The Kier molecular flexibility index (Phi) is 4.72. The topological polar surface area (TPSA) is 17.1 Å². The second kappa shape index (κ2) is 5.83. The molecule has 16 heavy (non-hydrogen) atoms. The predicted molar refractivity (Wildman–Crippen MR) is 68.9 cm³/mol. The quantitative estimate of drug-likeness (QED) is 0.673. The van der Waals surface area contributed by atoms with E-state index in [1.54, 1.807) is 0 Å². The van der Waals surface area contributed by atoms with E-state index in [0.717, 1.165) is 29.5 Å². The predicted octanol–water partition coefficient (Wildman–Crippen LogP) is 4.31. The molecule has 1 rings (SSSR count). The van der Waals surface area contributed by atoms with Crippen LogP contribution in [-0.2, 0) is 0 Å². The maximum absolute atomic E-state index is 12.2. The highest BCUT2D eigenvalue weighted by Crippen LogP contribution is 2.19. The molecular weight excluding hydrogens is 196 g/mol. The Hall–Kier alpha value is -1.11. The maximum atomic E-state index is 12.2. The summed E-state index contributed by atoms with van der Waals surface area (Å²) < 4.78 is 0. The highest BCUT2D eigenvalue weighted by Gasteiger charge is 2.14. The van der Waals surface area contributed by atoms with Crippen LogP contribution in [-0.4, -0.2) is 5.78 Å². The number of ketones is 1. The number of Topliss-reactive ketones (excluding diaryl/α,β-unsaturated/α-hetero) is 1. The molecule has 1 aromatic carbocycles. The lowest BCUT2D eigenvalue weighted by Gasteiger charge is -2.12. The Morgan fingerprint density at radius 2 is 1.81 bits per heavy atom. The van der Waals surface area contributed by atoms with Crippen LogP contribution in [0.3, 0.4) is 0 Å². The normalized spacial score (nSPS) is 12.5. The summed E-state index contributed by atoms with van der Waals surface area (Å²) in [7, 11) is 0. The Morgan fingerprint density at radius 1 is 1.25 bits per heavy atom. The van der Waals surface area contributed by atoms with E-state index >= 15 is 0 Å². The van der Waals surface area contributed by atoms with Gasteiger partial charge in [-0.05, 0) is 30.9 Å². The summed E-state index contributed by atoms with van der Waals surface area (Å²) in [6.07, 6.45) is 2.97. The third-order valence-electron chi connectivity index (χ3n) is 3.08. The van der Waals surface area contributed by atoms with Crippen molar-refractivity contribution in [2.45, 2.75) is 47.0 Å². The smallest absolute Gasteiger partial charge is 0.163 e. The lowest BCUT2D eigenvalue weighted by atomic mass is 9.92. The summed E-state index contributed by atoms with van der Waals surface area (Å²) in [5, 5.41) is 0. The Bertz CT molecular complexity index is 345. The summed E-state index contributed by atoms with van der Waals surface area (Å²) in [6.45, 7) is 8.37. The van der Waals surface area contributed by atoms with Gasteiger partial charge in [0.15, 0.2) is 5.78 Å². The van der Waals surface area contributed by atoms with Gasteiger partial charge < -0.3 is 0 Å². The second-order valence-corrected chi connectivity index (χ2v) is 4.79. The van der Waals surface area contributed by atoms with Gasteiger partial charge in [0.2, 0.25) is 0 Å². The van der Waals surface area contributed by atoms with Crippen molar-refractivity contribution in [1.29, 1.82) is 0 Å². The SMILES string of the molecule is CCCC(C)CC(=O)c1c(C)cccc1C. The average Bonchev–Trinajstić information content (AvgIpc) is 2.17. The fourth-order valence-electron chi connectivity index (χ4n) is 2.27. The van der Waals surface area contributed by atoms with Crippen molar-refractivity contribution < 1.29 is 4.79 Å². The van der Waals surface area contributed by atoms with Crippen LogP contribution in [0.15, 0.2) is 18.2 Å². The van der Waals surface area contributed by atoms with E-state index in [1.807, 2.05) is 32.0 Å². The van der Waals surface area contributed by atoms with Crippen molar-refractivity contribution in [2.75, 3.05) is 0 Å². The molecule has 1 unspecified atom stereocenters. The van der Waals surface area contributed by atoms with Gasteiger partial charge >= 0.3 is 0 Å². The number of benzene rings is 1. The zero-order valence-electron chi connectivity index (χ0n) is 10.8. The monoisotopic (exact) mass is 218 g/mol. The van der Waals surface area contributed by atoms with Crippen LogP contribution in [0.1, 0.15) is 54.6 Å². The molecule has 0 saturated carbocycles. The molecule has 0 fully saturated rings. The Balaban J connectivity index is 2.80. The van der Waals surface area contributed by atoms with E-state index in [-0.39, 0.29) is 0 Å². The van der Waals surface area contributed by atoms with Crippen molar-refractivity contribution in [3.8, 4) is 0 Å². The van der Waals surface area contributed by atoms with Gasteiger partial charge in [0.05, 0.1) is 0 Å².